The van der Waals surface area contributed by atoms with Gasteiger partial charge in [0.25, 0.3) is 0 Å². The number of fused-ring (bicyclic) bond motifs is 1. The van der Waals surface area contributed by atoms with Crippen LogP contribution < -0.4 is 5.32 Å². The molecule has 1 aromatic carbocycles. The highest BCUT2D eigenvalue weighted by Crippen LogP contribution is 2.43. The molecule has 1 heterocycles. The number of nitrogens with one attached hydrogen (secondary N) is 1. The summed E-state index contributed by atoms with van der Waals surface area (Å²) >= 11 is 6.22. The van der Waals surface area contributed by atoms with Crippen molar-refractivity contribution in [3.63, 3.8) is 0 Å². The summed E-state index contributed by atoms with van der Waals surface area (Å²) < 4.78 is 0. The summed E-state index contributed by atoms with van der Waals surface area (Å²) in [7, 11) is 0. The predicted molar refractivity (Wildman–Crippen MR) is 68.3 cm³/mol. The molecule has 3 heteroatoms. The van der Waals surface area contributed by atoms with Gasteiger partial charge in [0.15, 0.2) is 0 Å². The number of aliphatic hydroxyl groups excluding tert-OH is 1. The summed E-state index contributed by atoms with van der Waals surface area (Å²) in [5, 5.41) is 14.4. The van der Waals surface area contributed by atoms with E-state index in [0.29, 0.717) is 0 Å². The Kier molecular flexibility index (Phi) is 2.67. The number of hydrogen-bond acceptors (Lipinski definition) is 2. The van der Waals surface area contributed by atoms with Crippen molar-refractivity contribution in [2.45, 2.75) is 45.3 Å². The fraction of sp³-hybridized carbons (Fsp3) is 0.538. The van der Waals surface area contributed by atoms with Crippen LogP contribution in [0.3, 0.4) is 0 Å². The topological polar surface area (TPSA) is 32.3 Å². The van der Waals surface area contributed by atoms with Gasteiger partial charge in [0.05, 0.1) is 11.6 Å². The Hall–Kier alpha value is -0.730. The molecule has 2 nitrogen and oxygen atoms in total. The van der Waals surface area contributed by atoms with Gasteiger partial charge in [-0.15, -0.1) is 0 Å². The van der Waals surface area contributed by atoms with E-state index >= 15 is 0 Å². The smallest absolute Gasteiger partial charge is 0.0831 e. The minimum atomic E-state index is -0.431. The number of aryl methyl sites for hydroxylation is 1. The number of anilines is 1. The van der Waals surface area contributed by atoms with Crippen molar-refractivity contribution in [3.8, 4) is 0 Å². The molecular formula is C13H18ClNO. The molecule has 0 amide bonds. The molecule has 1 aliphatic heterocycles. The van der Waals surface area contributed by atoms with Gasteiger partial charge in [-0.05, 0) is 38.0 Å². The molecule has 0 aliphatic carbocycles. The lowest BCUT2D eigenvalue weighted by Gasteiger charge is -2.43. The molecule has 0 fully saturated rings. The number of rotatable bonds is 0. The van der Waals surface area contributed by atoms with Crippen molar-refractivity contribution < 1.29 is 5.11 Å². The zero-order valence-corrected chi connectivity index (χ0v) is 10.9. The lowest BCUT2D eigenvalue weighted by molar-refractivity contribution is 0.0869. The maximum absolute atomic E-state index is 10.2. The molecule has 1 aliphatic rings. The van der Waals surface area contributed by atoms with Crippen LogP contribution in [0.4, 0.5) is 5.69 Å². The van der Waals surface area contributed by atoms with Crippen LogP contribution in [0.2, 0.25) is 5.02 Å². The van der Waals surface area contributed by atoms with E-state index in [2.05, 4.69) is 12.2 Å². The molecule has 16 heavy (non-hydrogen) atoms. The van der Waals surface area contributed by atoms with E-state index in [4.69, 9.17) is 11.6 Å². The van der Waals surface area contributed by atoms with Crippen LogP contribution >= 0.6 is 11.6 Å². The van der Waals surface area contributed by atoms with Gasteiger partial charge < -0.3 is 10.4 Å². The van der Waals surface area contributed by atoms with Crippen LogP contribution in [0, 0.1) is 6.92 Å². The van der Waals surface area contributed by atoms with Crippen molar-refractivity contribution >= 4 is 17.3 Å². The van der Waals surface area contributed by atoms with Gasteiger partial charge in [-0.25, -0.2) is 0 Å². The highest BCUT2D eigenvalue weighted by molar-refractivity contribution is 6.32. The first-order chi connectivity index (χ1) is 7.34. The lowest BCUT2D eigenvalue weighted by Crippen LogP contribution is -2.50. The maximum atomic E-state index is 10.2. The number of hydrogen-bond donors (Lipinski definition) is 2. The highest BCUT2D eigenvalue weighted by Gasteiger charge is 2.39. The van der Waals surface area contributed by atoms with Gasteiger partial charge in [-0.3, -0.25) is 0 Å². The Balaban J connectivity index is 2.63. The molecule has 2 N–H and O–H groups in total. The Morgan fingerprint density at radius 3 is 2.62 bits per heavy atom. The Morgan fingerprint density at radius 2 is 2.00 bits per heavy atom. The number of aliphatic hydroxyl groups is 1. The van der Waals surface area contributed by atoms with Crippen LogP contribution in [-0.4, -0.2) is 16.7 Å². The van der Waals surface area contributed by atoms with Crippen molar-refractivity contribution in [1.82, 2.24) is 0 Å². The normalized spacial score (nSPS) is 27.1. The van der Waals surface area contributed by atoms with Gasteiger partial charge in [0.2, 0.25) is 0 Å². The molecule has 0 radical (unpaired) electrons. The SMILES string of the molecule is Cc1ccc(Cl)c2c1NC(C)(C)C(O)C2C. The molecule has 0 saturated heterocycles. The van der Waals surface area contributed by atoms with E-state index in [1.807, 2.05) is 32.9 Å². The quantitative estimate of drug-likeness (QED) is 0.728. The van der Waals surface area contributed by atoms with Crippen molar-refractivity contribution in [3.05, 3.63) is 28.3 Å². The predicted octanol–water partition coefficient (Wildman–Crippen LogP) is 3.32. The monoisotopic (exact) mass is 239 g/mol. The lowest BCUT2D eigenvalue weighted by atomic mass is 9.78. The zero-order valence-electron chi connectivity index (χ0n) is 10.1. The summed E-state index contributed by atoms with van der Waals surface area (Å²) in [6.07, 6.45) is -0.431. The summed E-state index contributed by atoms with van der Waals surface area (Å²) in [6, 6.07) is 3.91. The Bertz CT molecular complexity index is 428. The van der Waals surface area contributed by atoms with Crippen LogP contribution in [0.15, 0.2) is 12.1 Å². The second-order valence-electron chi connectivity index (χ2n) is 5.23. The van der Waals surface area contributed by atoms with E-state index in [1.165, 1.54) is 5.56 Å². The molecule has 0 saturated carbocycles. The van der Waals surface area contributed by atoms with Gasteiger partial charge in [-0.1, -0.05) is 24.6 Å². The van der Waals surface area contributed by atoms with Crippen LogP contribution in [0.25, 0.3) is 0 Å². The minimum Gasteiger partial charge on any atom is -0.390 e. The maximum Gasteiger partial charge on any atom is 0.0831 e. The summed E-state index contributed by atoms with van der Waals surface area (Å²) in [5.74, 6) is 0.0543. The number of halogens is 1. The largest absolute Gasteiger partial charge is 0.390 e. The number of benzene rings is 1. The molecule has 1 aromatic rings. The molecule has 2 atom stereocenters. The van der Waals surface area contributed by atoms with Gasteiger partial charge in [0, 0.05) is 16.6 Å². The molecule has 0 spiro atoms. The Morgan fingerprint density at radius 1 is 1.38 bits per heavy atom. The van der Waals surface area contributed by atoms with Gasteiger partial charge >= 0.3 is 0 Å². The van der Waals surface area contributed by atoms with Crippen LogP contribution in [-0.2, 0) is 0 Å². The second-order valence-corrected chi connectivity index (χ2v) is 5.64. The van der Waals surface area contributed by atoms with Gasteiger partial charge in [0.1, 0.15) is 0 Å². The second kappa shape index (κ2) is 3.64. The first-order valence-electron chi connectivity index (χ1n) is 5.60. The van der Waals surface area contributed by atoms with Crippen LogP contribution in [0.1, 0.15) is 37.8 Å². The molecule has 88 valence electrons. The van der Waals surface area contributed by atoms with Crippen molar-refractivity contribution in [1.29, 1.82) is 0 Å². The van der Waals surface area contributed by atoms with E-state index in [-0.39, 0.29) is 11.5 Å². The summed E-state index contributed by atoms with van der Waals surface area (Å²) in [6.45, 7) is 8.11. The summed E-state index contributed by atoms with van der Waals surface area (Å²) in [4.78, 5) is 0. The average molecular weight is 240 g/mol. The first-order valence-corrected chi connectivity index (χ1v) is 5.97. The fourth-order valence-electron chi connectivity index (χ4n) is 2.49. The third kappa shape index (κ3) is 1.61. The van der Waals surface area contributed by atoms with Crippen molar-refractivity contribution in [2.24, 2.45) is 0 Å². The molecule has 0 aromatic heterocycles. The van der Waals surface area contributed by atoms with E-state index < -0.39 is 6.10 Å². The fourth-order valence-corrected chi connectivity index (χ4v) is 2.82. The third-order valence-corrected chi connectivity index (χ3v) is 3.85. The Labute approximate surface area is 102 Å². The first kappa shape index (κ1) is 11.7. The minimum absolute atomic E-state index is 0.0543. The van der Waals surface area contributed by atoms with E-state index in [9.17, 15) is 5.11 Å². The zero-order chi connectivity index (χ0) is 12.1. The summed E-state index contributed by atoms with van der Waals surface area (Å²) in [5.41, 5.74) is 2.97. The average Bonchev–Trinajstić information content (AvgIpc) is 2.20. The van der Waals surface area contributed by atoms with E-state index in [1.54, 1.807) is 0 Å². The molecule has 2 unspecified atom stereocenters. The standard InChI is InChI=1S/C13H18ClNO/c1-7-5-6-9(14)10-8(2)12(16)13(3,4)15-11(7)10/h5-6,8,12,15-16H,1-4H3. The van der Waals surface area contributed by atoms with Crippen LogP contribution in [0.5, 0.6) is 0 Å². The molecule has 0 bridgehead atoms. The molecule has 2 rings (SSSR count). The highest BCUT2D eigenvalue weighted by atomic mass is 35.5. The third-order valence-electron chi connectivity index (χ3n) is 3.52. The van der Waals surface area contributed by atoms with Gasteiger partial charge in [-0.2, -0.15) is 0 Å². The van der Waals surface area contributed by atoms with E-state index in [0.717, 1.165) is 16.3 Å². The molecular weight excluding hydrogens is 222 g/mol. The van der Waals surface area contributed by atoms with Crippen molar-refractivity contribution in [2.75, 3.05) is 5.32 Å².